The Morgan fingerprint density at radius 3 is 2.04 bits per heavy atom. The van der Waals surface area contributed by atoms with Crippen LogP contribution < -0.4 is 5.32 Å². The van der Waals surface area contributed by atoms with Crippen LogP contribution in [0, 0.1) is 11.8 Å². The molecule has 1 heterocycles. The third kappa shape index (κ3) is 12.5. The van der Waals surface area contributed by atoms with E-state index in [4.69, 9.17) is 23.7 Å². The van der Waals surface area contributed by atoms with Crippen LogP contribution in [-0.2, 0) is 43.3 Å². The van der Waals surface area contributed by atoms with Crippen LogP contribution in [0.3, 0.4) is 0 Å². The van der Waals surface area contributed by atoms with Gasteiger partial charge in [-0.1, -0.05) is 117 Å². The molecule has 3 aromatic carbocycles. The van der Waals surface area contributed by atoms with E-state index in [0.29, 0.717) is 19.8 Å². The fourth-order valence-corrected chi connectivity index (χ4v) is 5.60. The molecule has 2 N–H and O–H groups in total. The van der Waals surface area contributed by atoms with Gasteiger partial charge in [-0.2, -0.15) is 0 Å². The number of hydrogen-bond acceptors (Lipinski definition) is 7. The van der Waals surface area contributed by atoms with Crippen molar-refractivity contribution in [2.24, 2.45) is 11.8 Å². The molecule has 8 nitrogen and oxygen atoms in total. The van der Waals surface area contributed by atoms with Crippen molar-refractivity contribution in [3.8, 4) is 0 Å². The summed E-state index contributed by atoms with van der Waals surface area (Å²) in [7, 11) is 0. The van der Waals surface area contributed by atoms with Crippen molar-refractivity contribution >= 4 is 6.09 Å². The first-order valence-corrected chi connectivity index (χ1v) is 17.0. The number of carbonyl (C=O) groups excluding carboxylic acids is 1. The molecule has 8 heteroatoms. The summed E-state index contributed by atoms with van der Waals surface area (Å²) < 4.78 is 31.1. The molecule has 0 spiro atoms. The van der Waals surface area contributed by atoms with Crippen LogP contribution in [0.5, 0.6) is 0 Å². The first-order valence-electron chi connectivity index (χ1n) is 17.0. The number of alkyl carbamates (subject to hydrolysis) is 1. The number of nitrogens with one attached hydrogen (secondary N) is 1. The molecule has 0 bridgehead atoms. The number of aryl methyl sites for hydroxylation is 1. The lowest BCUT2D eigenvalue weighted by atomic mass is 9.83. The van der Waals surface area contributed by atoms with Gasteiger partial charge in [0.15, 0.2) is 6.29 Å². The third-order valence-corrected chi connectivity index (χ3v) is 8.52. The zero-order chi connectivity index (χ0) is 34.4. The lowest BCUT2D eigenvalue weighted by Crippen LogP contribution is -2.54. The van der Waals surface area contributed by atoms with Crippen LogP contribution in [0.4, 0.5) is 4.79 Å². The second-order valence-corrected chi connectivity index (χ2v) is 13.6. The van der Waals surface area contributed by atoms with Gasteiger partial charge in [-0.3, -0.25) is 0 Å². The standard InChI is InChI=1S/C40H53NO7/c1-29-30(2)37(45-26-33-22-13-8-14-23-33)38(47-36(29)28-44-25-32-20-11-7-12-21-32)46-27-34(41-39(43)48-40(3,4)5)35(42)24-16-15-19-31-17-9-6-10-18-31/h6-14,16-18,20-24,29-30,34-38,42H,15,19,25-28H2,1-5H3,(H,41,43)/b24-16+/t29-,30+,34+,35-,36?,37?,38-/m1/s1. The highest BCUT2D eigenvalue weighted by atomic mass is 16.7. The minimum Gasteiger partial charge on any atom is -0.444 e. The summed E-state index contributed by atoms with van der Waals surface area (Å²) in [4.78, 5) is 12.8. The van der Waals surface area contributed by atoms with Gasteiger partial charge in [-0.25, -0.2) is 4.79 Å². The average molecular weight is 660 g/mol. The Hall–Kier alpha value is -3.53. The van der Waals surface area contributed by atoms with Crippen molar-refractivity contribution in [3.63, 3.8) is 0 Å². The van der Waals surface area contributed by atoms with E-state index in [1.54, 1.807) is 26.8 Å². The molecule has 2 unspecified atom stereocenters. The zero-order valence-electron chi connectivity index (χ0n) is 29.0. The lowest BCUT2D eigenvalue weighted by molar-refractivity contribution is -0.291. The van der Waals surface area contributed by atoms with Crippen molar-refractivity contribution in [2.45, 2.75) is 96.9 Å². The molecule has 1 aliphatic heterocycles. The fourth-order valence-electron chi connectivity index (χ4n) is 5.60. The van der Waals surface area contributed by atoms with Crippen LogP contribution in [0.25, 0.3) is 0 Å². The summed E-state index contributed by atoms with van der Waals surface area (Å²) in [6, 6.07) is 29.4. The predicted octanol–water partition coefficient (Wildman–Crippen LogP) is 7.25. The zero-order valence-corrected chi connectivity index (χ0v) is 29.0. The maximum absolute atomic E-state index is 12.8. The SMILES string of the molecule is C[C@@H]1C(OCc2ccccc2)[C@H](OC[C@H](NC(=O)OC(C)(C)C)[C@H](O)/C=C/CCc2ccccc2)OC(COCc2ccccc2)[C@@H]1C. The van der Waals surface area contributed by atoms with Gasteiger partial charge in [-0.05, 0) is 62.1 Å². The number of amides is 1. The highest BCUT2D eigenvalue weighted by Gasteiger charge is 2.43. The van der Waals surface area contributed by atoms with Gasteiger partial charge in [0.25, 0.3) is 0 Å². The van der Waals surface area contributed by atoms with Crippen LogP contribution >= 0.6 is 0 Å². The number of allylic oxidation sites excluding steroid dienone is 1. The van der Waals surface area contributed by atoms with Crippen LogP contribution in [0.1, 0.15) is 57.7 Å². The maximum Gasteiger partial charge on any atom is 0.408 e. The van der Waals surface area contributed by atoms with Crippen molar-refractivity contribution in [1.29, 1.82) is 0 Å². The minimum atomic E-state index is -1.03. The Bertz CT molecular complexity index is 1360. The highest BCUT2D eigenvalue weighted by Crippen LogP contribution is 2.34. The van der Waals surface area contributed by atoms with E-state index in [1.165, 1.54) is 5.56 Å². The highest BCUT2D eigenvalue weighted by molar-refractivity contribution is 5.68. The molecule has 0 aliphatic carbocycles. The number of ether oxygens (including phenoxy) is 5. The minimum absolute atomic E-state index is 0.0298. The molecule has 4 rings (SSSR count). The molecule has 0 saturated carbocycles. The van der Waals surface area contributed by atoms with Crippen LogP contribution in [0.2, 0.25) is 0 Å². The average Bonchev–Trinajstić information content (AvgIpc) is 3.07. The Balaban J connectivity index is 1.45. The number of carbonyl (C=O) groups is 1. The quantitative estimate of drug-likeness (QED) is 0.157. The van der Waals surface area contributed by atoms with Crippen LogP contribution in [-0.4, -0.2) is 60.7 Å². The molecule has 1 amide bonds. The number of hydrogen-bond donors (Lipinski definition) is 2. The smallest absolute Gasteiger partial charge is 0.408 e. The summed E-state index contributed by atoms with van der Waals surface area (Å²) >= 11 is 0. The number of aliphatic hydroxyl groups excluding tert-OH is 1. The molecule has 260 valence electrons. The van der Waals surface area contributed by atoms with Crippen molar-refractivity contribution < 1.29 is 33.6 Å². The topological polar surface area (TPSA) is 95.5 Å². The normalized spacial score (nSPS) is 22.7. The molecular formula is C40H53NO7. The molecule has 0 radical (unpaired) electrons. The molecule has 48 heavy (non-hydrogen) atoms. The Kier molecular flexibility index (Phi) is 14.7. The van der Waals surface area contributed by atoms with Gasteiger partial charge < -0.3 is 34.1 Å². The molecule has 1 fully saturated rings. The number of rotatable bonds is 16. The van der Waals surface area contributed by atoms with Crippen molar-refractivity contribution in [3.05, 3.63) is 120 Å². The molecule has 1 aliphatic rings. The number of aliphatic hydroxyl groups is 1. The molecular weight excluding hydrogens is 606 g/mol. The van der Waals surface area contributed by atoms with Gasteiger partial charge in [0.05, 0.1) is 44.7 Å². The van der Waals surface area contributed by atoms with Crippen LogP contribution in [0.15, 0.2) is 103 Å². The largest absolute Gasteiger partial charge is 0.444 e. The van der Waals surface area contributed by atoms with Gasteiger partial charge in [-0.15, -0.1) is 0 Å². The van der Waals surface area contributed by atoms with E-state index in [-0.39, 0.29) is 24.5 Å². The number of benzene rings is 3. The lowest BCUT2D eigenvalue weighted by Gasteiger charge is -2.44. The van der Waals surface area contributed by atoms with E-state index in [2.05, 4.69) is 31.3 Å². The first kappa shape index (κ1) is 37.3. The monoisotopic (exact) mass is 659 g/mol. The predicted molar refractivity (Wildman–Crippen MR) is 187 cm³/mol. The molecule has 7 atom stereocenters. The van der Waals surface area contributed by atoms with E-state index in [0.717, 1.165) is 24.0 Å². The third-order valence-electron chi connectivity index (χ3n) is 8.52. The van der Waals surface area contributed by atoms with E-state index in [1.807, 2.05) is 84.9 Å². The molecule has 1 saturated heterocycles. The Morgan fingerprint density at radius 2 is 1.44 bits per heavy atom. The van der Waals surface area contributed by atoms with E-state index in [9.17, 15) is 9.90 Å². The second-order valence-electron chi connectivity index (χ2n) is 13.6. The fraction of sp³-hybridized carbons (Fsp3) is 0.475. The van der Waals surface area contributed by atoms with Gasteiger partial charge in [0.1, 0.15) is 11.7 Å². The van der Waals surface area contributed by atoms with Gasteiger partial charge in [0.2, 0.25) is 0 Å². The van der Waals surface area contributed by atoms with E-state index < -0.39 is 36.2 Å². The summed E-state index contributed by atoms with van der Waals surface area (Å²) in [6.07, 6.45) is 2.13. The summed E-state index contributed by atoms with van der Waals surface area (Å²) in [5.74, 6) is 0.188. The molecule has 0 aromatic heterocycles. The Morgan fingerprint density at radius 1 is 0.854 bits per heavy atom. The Labute approximate surface area is 286 Å². The summed E-state index contributed by atoms with van der Waals surface area (Å²) in [5.41, 5.74) is 2.65. The van der Waals surface area contributed by atoms with Crippen molar-refractivity contribution in [1.82, 2.24) is 5.32 Å². The summed E-state index contributed by atoms with van der Waals surface area (Å²) in [5, 5.41) is 14.1. The first-order chi connectivity index (χ1) is 23.1. The van der Waals surface area contributed by atoms with Gasteiger partial charge >= 0.3 is 6.09 Å². The van der Waals surface area contributed by atoms with E-state index >= 15 is 0 Å². The maximum atomic E-state index is 12.8. The summed E-state index contributed by atoms with van der Waals surface area (Å²) in [6.45, 7) is 10.9. The molecule has 3 aromatic rings. The second kappa shape index (κ2) is 18.9. The van der Waals surface area contributed by atoms with Gasteiger partial charge in [0, 0.05) is 0 Å². The van der Waals surface area contributed by atoms with Crippen molar-refractivity contribution in [2.75, 3.05) is 13.2 Å².